The summed E-state index contributed by atoms with van der Waals surface area (Å²) in [5, 5.41) is 9.36. The van der Waals surface area contributed by atoms with Crippen LogP contribution < -0.4 is 20.3 Å². The zero-order chi connectivity index (χ0) is 27.9. The molecule has 2 aliphatic rings. The van der Waals surface area contributed by atoms with Crippen molar-refractivity contribution < 1.29 is 9.53 Å². The quantitative estimate of drug-likeness (QED) is 0.281. The molecule has 3 heterocycles. The Kier molecular flexibility index (Phi) is 8.77. The van der Waals surface area contributed by atoms with Crippen LogP contribution in [-0.2, 0) is 17.8 Å². The lowest BCUT2D eigenvalue weighted by atomic mass is 10.0. The molecule has 208 valence electrons. The Morgan fingerprint density at radius 1 is 1.32 bits per heavy atom. The molecule has 1 fully saturated rings. The van der Waals surface area contributed by atoms with Gasteiger partial charge in [0.15, 0.2) is 0 Å². The molecule has 5 rings (SSSR count). The number of fused-ring (bicyclic) bond motifs is 2. The van der Waals surface area contributed by atoms with E-state index in [1.807, 2.05) is 6.92 Å². The van der Waals surface area contributed by atoms with E-state index in [2.05, 4.69) is 69.4 Å². The maximum absolute atomic E-state index is 12.5. The van der Waals surface area contributed by atoms with E-state index >= 15 is 0 Å². The predicted molar refractivity (Wildman–Crippen MR) is 159 cm³/mol. The fourth-order valence-electron chi connectivity index (χ4n) is 5.69. The fourth-order valence-corrected chi connectivity index (χ4v) is 5.69. The number of nitrogens with zero attached hydrogens (tertiary/aromatic N) is 5. The zero-order valence-electron chi connectivity index (χ0n) is 23.1. The summed E-state index contributed by atoms with van der Waals surface area (Å²) in [5.74, 6) is 0.538. The van der Waals surface area contributed by atoms with Crippen molar-refractivity contribution >= 4 is 28.2 Å². The molecule has 1 aromatic heterocycles. The molecule has 40 heavy (non-hydrogen) atoms. The van der Waals surface area contributed by atoms with Gasteiger partial charge in [-0.15, -0.1) is 0 Å². The van der Waals surface area contributed by atoms with Crippen LogP contribution in [0, 0.1) is 6.57 Å². The minimum Gasteiger partial charge on any atom is -0.462 e. The van der Waals surface area contributed by atoms with Crippen molar-refractivity contribution in [2.75, 3.05) is 49.5 Å². The maximum atomic E-state index is 12.5. The van der Waals surface area contributed by atoms with Gasteiger partial charge in [0.25, 0.3) is 0 Å². The van der Waals surface area contributed by atoms with E-state index in [-0.39, 0.29) is 18.5 Å². The van der Waals surface area contributed by atoms with E-state index in [0.29, 0.717) is 44.1 Å². The van der Waals surface area contributed by atoms with Crippen LogP contribution in [0.15, 0.2) is 55.1 Å². The summed E-state index contributed by atoms with van der Waals surface area (Å²) in [6, 6.07) is 15.2. The third-order valence-corrected chi connectivity index (χ3v) is 7.77. The molecule has 0 bridgehead atoms. The molecule has 2 N–H and O–H groups in total. The van der Waals surface area contributed by atoms with Gasteiger partial charge < -0.3 is 30.0 Å². The minimum atomic E-state index is -0.304. The van der Waals surface area contributed by atoms with E-state index < -0.39 is 0 Å². The highest BCUT2D eigenvalue weighted by Crippen LogP contribution is 2.33. The van der Waals surface area contributed by atoms with Crippen molar-refractivity contribution in [3.63, 3.8) is 0 Å². The second kappa shape index (κ2) is 12.8. The number of benzene rings is 2. The van der Waals surface area contributed by atoms with Crippen LogP contribution in [0.5, 0.6) is 6.01 Å². The molecule has 3 aromatic rings. The van der Waals surface area contributed by atoms with Crippen LogP contribution in [-0.4, -0.2) is 72.2 Å². The number of carbonyl (C=O) groups is 1. The Morgan fingerprint density at radius 3 is 2.95 bits per heavy atom. The van der Waals surface area contributed by atoms with Gasteiger partial charge in [-0.1, -0.05) is 43.0 Å². The number of amides is 1. The first-order chi connectivity index (χ1) is 19.6. The summed E-state index contributed by atoms with van der Waals surface area (Å²) in [4.78, 5) is 29.8. The van der Waals surface area contributed by atoms with E-state index in [9.17, 15) is 4.79 Å². The van der Waals surface area contributed by atoms with Gasteiger partial charge in [-0.3, -0.25) is 4.79 Å². The van der Waals surface area contributed by atoms with Crippen molar-refractivity contribution in [1.82, 2.24) is 20.2 Å². The predicted octanol–water partition coefficient (Wildman–Crippen LogP) is 4.06. The number of anilines is 2. The lowest BCUT2D eigenvalue weighted by molar-refractivity contribution is -0.127. The Morgan fingerprint density at radius 2 is 2.17 bits per heavy atom. The monoisotopic (exact) mass is 539 g/mol. The van der Waals surface area contributed by atoms with Gasteiger partial charge in [-0.25, -0.2) is 6.57 Å². The standard InChI is InChI=1S/C31H37N7O2/c1-4-29(39)38(5-2)24(18-32-3)19-34-30-26-15-17-37(28-14-8-11-22-10-6-7-13-25(22)28)20-27(26)35-31(36-30)40-21-23-12-9-16-33-23/h4,6-8,10-11,13-14,23-24,33H,1,5,9,12,15-21H2,2H3,(H,34,35,36)/t23-,24-/m0/s1. The van der Waals surface area contributed by atoms with Gasteiger partial charge >= 0.3 is 6.01 Å². The average molecular weight is 540 g/mol. The van der Waals surface area contributed by atoms with Crippen LogP contribution in [0.4, 0.5) is 11.5 Å². The molecule has 2 aliphatic heterocycles. The number of hydrogen-bond donors (Lipinski definition) is 2. The summed E-state index contributed by atoms with van der Waals surface area (Å²) >= 11 is 0. The van der Waals surface area contributed by atoms with Crippen LogP contribution in [0.25, 0.3) is 15.6 Å². The lowest BCUT2D eigenvalue weighted by Gasteiger charge is -2.32. The SMILES string of the molecule is [C-]#[N+]C[C@@H](CNc1nc(OC[C@@H]2CCCN2)nc2c1CCN(c1cccc3ccccc13)C2)N(CC)C(=O)C=C. The number of ether oxygens (including phenoxy) is 1. The normalized spacial score (nSPS) is 17.1. The van der Waals surface area contributed by atoms with Gasteiger partial charge in [0.1, 0.15) is 18.5 Å². The smallest absolute Gasteiger partial charge is 0.318 e. The number of aromatic nitrogens is 2. The molecule has 2 aromatic carbocycles. The van der Waals surface area contributed by atoms with Gasteiger partial charge in [0.05, 0.1) is 12.2 Å². The average Bonchev–Trinajstić information content (AvgIpc) is 3.52. The second-order valence-corrected chi connectivity index (χ2v) is 10.3. The number of hydrogen-bond acceptors (Lipinski definition) is 7. The van der Waals surface area contributed by atoms with E-state index in [0.717, 1.165) is 43.6 Å². The Bertz CT molecular complexity index is 1390. The number of nitrogens with one attached hydrogen (secondary N) is 2. The Labute approximate surface area is 236 Å². The van der Waals surface area contributed by atoms with Crippen LogP contribution in [0.2, 0.25) is 0 Å². The van der Waals surface area contributed by atoms with Crippen molar-refractivity contribution in [2.45, 2.75) is 44.8 Å². The molecular formula is C31H37N7O2. The molecule has 0 saturated carbocycles. The van der Waals surface area contributed by atoms with Gasteiger partial charge in [-0.05, 0) is 50.3 Å². The topological polar surface area (TPSA) is 87.0 Å². The first-order valence-corrected chi connectivity index (χ1v) is 14.1. The van der Waals surface area contributed by atoms with Crippen molar-refractivity contribution in [3.05, 3.63) is 77.8 Å². The van der Waals surface area contributed by atoms with Crippen molar-refractivity contribution in [1.29, 1.82) is 0 Å². The molecule has 0 aliphatic carbocycles. The highest BCUT2D eigenvalue weighted by Gasteiger charge is 2.27. The minimum absolute atomic E-state index is 0.179. The third-order valence-electron chi connectivity index (χ3n) is 7.77. The summed E-state index contributed by atoms with van der Waals surface area (Å²) < 4.78 is 6.12. The summed E-state index contributed by atoms with van der Waals surface area (Å²) in [6.07, 6.45) is 4.29. The molecule has 1 amide bonds. The molecule has 0 unspecified atom stereocenters. The Hall–Kier alpha value is -4.16. The lowest BCUT2D eigenvalue weighted by Crippen LogP contribution is -2.45. The largest absolute Gasteiger partial charge is 0.462 e. The second-order valence-electron chi connectivity index (χ2n) is 10.3. The van der Waals surface area contributed by atoms with Crippen molar-refractivity contribution in [3.8, 4) is 6.01 Å². The van der Waals surface area contributed by atoms with E-state index in [1.54, 1.807) is 4.90 Å². The van der Waals surface area contributed by atoms with Gasteiger partial charge in [0.2, 0.25) is 12.5 Å². The highest BCUT2D eigenvalue weighted by atomic mass is 16.5. The molecule has 0 radical (unpaired) electrons. The Balaban J connectivity index is 1.42. The molecular weight excluding hydrogens is 502 g/mol. The number of carbonyl (C=O) groups excluding carboxylic acids is 1. The molecule has 9 heteroatoms. The molecule has 9 nitrogen and oxygen atoms in total. The first-order valence-electron chi connectivity index (χ1n) is 14.1. The maximum Gasteiger partial charge on any atom is 0.318 e. The van der Waals surface area contributed by atoms with Crippen LogP contribution >= 0.6 is 0 Å². The molecule has 1 saturated heterocycles. The first kappa shape index (κ1) is 27.4. The van der Waals surface area contributed by atoms with Crippen molar-refractivity contribution in [2.24, 2.45) is 0 Å². The van der Waals surface area contributed by atoms with Gasteiger partial charge in [-0.2, -0.15) is 9.97 Å². The summed E-state index contributed by atoms with van der Waals surface area (Å²) in [7, 11) is 0. The zero-order valence-corrected chi connectivity index (χ0v) is 23.1. The number of likely N-dealkylation sites (N-methyl/N-ethyl adjacent to an activating group) is 1. The number of rotatable bonds is 11. The van der Waals surface area contributed by atoms with E-state index in [1.165, 1.54) is 22.5 Å². The molecule has 2 atom stereocenters. The van der Waals surface area contributed by atoms with Crippen LogP contribution in [0.3, 0.4) is 0 Å². The van der Waals surface area contributed by atoms with Gasteiger partial charge in [0, 0.05) is 42.3 Å². The fraction of sp³-hybridized carbons (Fsp3) is 0.419. The van der Waals surface area contributed by atoms with E-state index in [4.69, 9.17) is 21.3 Å². The molecule has 0 spiro atoms. The summed E-state index contributed by atoms with van der Waals surface area (Å²) in [6.45, 7) is 17.1. The van der Waals surface area contributed by atoms with Crippen LogP contribution in [0.1, 0.15) is 31.0 Å². The summed E-state index contributed by atoms with van der Waals surface area (Å²) in [5.41, 5.74) is 3.18. The highest BCUT2D eigenvalue weighted by molar-refractivity contribution is 5.94. The third kappa shape index (κ3) is 6.02.